The van der Waals surface area contributed by atoms with Crippen molar-refractivity contribution in [3.63, 3.8) is 0 Å². The predicted octanol–water partition coefficient (Wildman–Crippen LogP) is 0.893. The Balaban J connectivity index is 3.12. The Bertz CT molecular complexity index is 402. The van der Waals surface area contributed by atoms with Gasteiger partial charge in [0.1, 0.15) is 5.82 Å². The molecule has 0 heterocycles. The number of nitrogens with zero attached hydrogens (tertiary/aromatic N) is 1. The minimum absolute atomic E-state index is 0.237. The number of hydrogen-bond donors (Lipinski definition) is 2. The van der Waals surface area contributed by atoms with Crippen LogP contribution >= 0.6 is 11.6 Å². The van der Waals surface area contributed by atoms with Crippen LogP contribution in [0.4, 0.5) is 4.39 Å². The lowest BCUT2D eigenvalue weighted by atomic mass is 10.2. The van der Waals surface area contributed by atoms with Gasteiger partial charge in [-0.1, -0.05) is 11.6 Å². The fraction of sp³-hybridized carbons (Fsp3) is 0. The number of carbonyl (C=O) groups excluding carboxylic acids is 1. The molecule has 0 aliphatic carbocycles. The van der Waals surface area contributed by atoms with Crippen LogP contribution < -0.4 is 11.5 Å². The van der Waals surface area contributed by atoms with Crippen LogP contribution in [0, 0.1) is 5.82 Å². The third kappa shape index (κ3) is 2.43. The molecule has 14 heavy (non-hydrogen) atoms. The van der Waals surface area contributed by atoms with Crippen LogP contribution in [0.3, 0.4) is 0 Å². The smallest absolute Gasteiger partial charge is 0.283 e. The summed E-state index contributed by atoms with van der Waals surface area (Å²) in [7, 11) is 0. The van der Waals surface area contributed by atoms with Gasteiger partial charge in [0, 0.05) is 5.02 Å². The number of nitrogens with two attached hydrogens (primary N) is 2. The molecule has 1 amide bonds. The summed E-state index contributed by atoms with van der Waals surface area (Å²) in [6, 6.07) is 3.55. The molecular formula is C8H7ClFN3O. The number of amides is 1. The summed E-state index contributed by atoms with van der Waals surface area (Å²) in [4.78, 5) is 14.4. The van der Waals surface area contributed by atoms with E-state index in [9.17, 15) is 9.18 Å². The Hall–Kier alpha value is -1.62. The van der Waals surface area contributed by atoms with Crippen LogP contribution in [0.2, 0.25) is 5.02 Å². The molecule has 74 valence electrons. The van der Waals surface area contributed by atoms with Gasteiger partial charge in [0.05, 0.1) is 5.56 Å². The molecule has 0 aromatic heterocycles. The van der Waals surface area contributed by atoms with Gasteiger partial charge in [-0.15, -0.1) is 0 Å². The minimum Gasteiger partial charge on any atom is -0.370 e. The standard InChI is InChI=1S/C8H7ClFN3O/c9-4-1-2-6(10)5(3-4)7(14)13-8(11)12/h1-3H,(H4,11,12,13,14). The zero-order valence-electron chi connectivity index (χ0n) is 7.00. The summed E-state index contributed by atoms with van der Waals surface area (Å²) < 4.78 is 13.0. The highest BCUT2D eigenvalue weighted by molar-refractivity contribution is 6.31. The van der Waals surface area contributed by atoms with Crippen LogP contribution in [0.1, 0.15) is 10.4 Å². The van der Waals surface area contributed by atoms with Gasteiger partial charge in [-0.25, -0.2) is 4.39 Å². The van der Waals surface area contributed by atoms with Crippen molar-refractivity contribution in [3.8, 4) is 0 Å². The van der Waals surface area contributed by atoms with E-state index < -0.39 is 17.7 Å². The van der Waals surface area contributed by atoms with Crippen LogP contribution in [0.5, 0.6) is 0 Å². The van der Waals surface area contributed by atoms with Crippen molar-refractivity contribution in [2.45, 2.75) is 0 Å². The number of guanidine groups is 1. The number of carbonyl (C=O) groups is 1. The average Bonchev–Trinajstić information content (AvgIpc) is 2.08. The predicted molar refractivity (Wildman–Crippen MR) is 51.6 cm³/mol. The lowest BCUT2D eigenvalue weighted by molar-refractivity contribution is 0.0999. The molecule has 6 heteroatoms. The Morgan fingerprint density at radius 3 is 2.64 bits per heavy atom. The van der Waals surface area contributed by atoms with Crippen LogP contribution in [-0.4, -0.2) is 11.9 Å². The largest absolute Gasteiger partial charge is 0.370 e. The second kappa shape index (κ2) is 4.06. The van der Waals surface area contributed by atoms with Crippen molar-refractivity contribution >= 4 is 23.5 Å². The molecule has 1 aromatic rings. The third-order valence-electron chi connectivity index (χ3n) is 1.39. The van der Waals surface area contributed by atoms with E-state index in [0.29, 0.717) is 0 Å². The Morgan fingerprint density at radius 1 is 1.43 bits per heavy atom. The molecule has 1 rings (SSSR count). The Morgan fingerprint density at radius 2 is 2.07 bits per heavy atom. The van der Waals surface area contributed by atoms with Gasteiger partial charge in [0.2, 0.25) is 0 Å². The molecule has 0 radical (unpaired) electrons. The summed E-state index contributed by atoms with van der Waals surface area (Å²) in [6.45, 7) is 0. The highest BCUT2D eigenvalue weighted by atomic mass is 35.5. The van der Waals surface area contributed by atoms with Gasteiger partial charge in [-0.05, 0) is 18.2 Å². The molecule has 0 aliphatic heterocycles. The van der Waals surface area contributed by atoms with Crippen LogP contribution in [-0.2, 0) is 0 Å². The van der Waals surface area contributed by atoms with Gasteiger partial charge < -0.3 is 11.5 Å². The van der Waals surface area contributed by atoms with E-state index in [0.717, 1.165) is 12.1 Å². The fourth-order valence-corrected chi connectivity index (χ4v) is 1.01. The van der Waals surface area contributed by atoms with Crippen LogP contribution in [0.25, 0.3) is 0 Å². The molecule has 4 N–H and O–H groups in total. The van der Waals surface area contributed by atoms with Crippen molar-refractivity contribution in [2.75, 3.05) is 0 Å². The first-order valence-electron chi connectivity index (χ1n) is 3.59. The van der Waals surface area contributed by atoms with Gasteiger partial charge in [0.15, 0.2) is 5.96 Å². The van der Waals surface area contributed by atoms with E-state index in [2.05, 4.69) is 4.99 Å². The Labute approximate surface area is 84.4 Å². The van der Waals surface area contributed by atoms with Gasteiger partial charge in [-0.2, -0.15) is 4.99 Å². The molecule has 4 nitrogen and oxygen atoms in total. The molecule has 0 bridgehead atoms. The summed E-state index contributed by atoms with van der Waals surface area (Å²) >= 11 is 5.57. The van der Waals surface area contributed by atoms with Crippen molar-refractivity contribution < 1.29 is 9.18 Å². The van der Waals surface area contributed by atoms with Gasteiger partial charge >= 0.3 is 0 Å². The topological polar surface area (TPSA) is 81.5 Å². The molecule has 0 saturated heterocycles. The zero-order chi connectivity index (χ0) is 10.7. The van der Waals surface area contributed by atoms with E-state index in [1.807, 2.05) is 0 Å². The third-order valence-corrected chi connectivity index (χ3v) is 1.62. The minimum atomic E-state index is -0.856. The molecule has 0 unspecified atom stereocenters. The number of benzene rings is 1. The normalized spacial score (nSPS) is 9.57. The van der Waals surface area contributed by atoms with Crippen molar-refractivity contribution in [2.24, 2.45) is 16.5 Å². The second-order valence-electron chi connectivity index (χ2n) is 2.47. The highest BCUT2D eigenvalue weighted by Crippen LogP contribution is 2.15. The van der Waals surface area contributed by atoms with E-state index in [-0.39, 0.29) is 10.6 Å². The first kappa shape index (κ1) is 10.5. The molecule has 0 saturated carbocycles. The first-order chi connectivity index (χ1) is 6.50. The van der Waals surface area contributed by atoms with Crippen molar-refractivity contribution in [3.05, 3.63) is 34.6 Å². The summed E-state index contributed by atoms with van der Waals surface area (Å²) in [5.74, 6) is -2.00. The van der Waals surface area contributed by atoms with Crippen molar-refractivity contribution in [1.29, 1.82) is 0 Å². The zero-order valence-corrected chi connectivity index (χ0v) is 7.75. The quantitative estimate of drug-likeness (QED) is 0.539. The number of rotatable bonds is 1. The second-order valence-corrected chi connectivity index (χ2v) is 2.90. The molecule has 0 aliphatic rings. The van der Waals surface area contributed by atoms with Gasteiger partial charge in [0.25, 0.3) is 5.91 Å². The maximum atomic E-state index is 13.0. The molecule has 1 aromatic carbocycles. The molecule has 0 fully saturated rings. The van der Waals surface area contributed by atoms with Gasteiger partial charge in [-0.3, -0.25) is 4.79 Å². The van der Waals surface area contributed by atoms with E-state index in [1.165, 1.54) is 6.07 Å². The summed E-state index contributed by atoms with van der Waals surface area (Å²) in [5, 5.41) is 0.237. The first-order valence-corrected chi connectivity index (χ1v) is 3.97. The lowest BCUT2D eigenvalue weighted by Gasteiger charge is -1.98. The SMILES string of the molecule is NC(N)=NC(=O)c1cc(Cl)ccc1F. The monoisotopic (exact) mass is 215 g/mol. The van der Waals surface area contributed by atoms with E-state index >= 15 is 0 Å². The van der Waals surface area contributed by atoms with Crippen LogP contribution in [0.15, 0.2) is 23.2 Å². The Kier molecular flexibility index (Phi) is 3.03. The number of hydrogen-bond acceptors (Lipinski definition) is 1. The van der Waals surface area contributed by atoms with Crippen molar-refractivity contribution in [1.82, 2.24) is 0 Å². The summed E-state index contributed by atoms with van der Waals surface area (Å²) in [6.07, 6.45) is 0. The summed E-state index contributed by atoms with van der Waals surface area (Å²) in [5.41, 5.74) is 9.68. The number of aliphatic imine (C=N–C) groups is 1. The van der Waals surface area contributed by atoms with E-state index in [4.69, 9.17) is 23.1 Å². The molecular weight excluding hydrogens is 209 g/mol. The maximum Gasteiger partial charge on any atom is 0.283 e. The number of halogens is 2. The average molecular weight is 216 g/mol. The molecule has 0 atom stereocenters. The lowest BCUT2D eigenvalue weighted by Crippen LogP contribution is -2.24. The highest BCUT2D eigenvalue weighted by Gasteiger charge is 2.11. The fourth-order valence-electron chi connectivity index (χ4n) is 0.839. The maximum absolute atomic E-state index is 13.0. The van der Waals surface area contributed by atoms with E-state index in [1.54, 1.807) is 0 Å². The molecule has 0 spiro atoms.